The van der Waals surface area contributed by atoms with Gasteiger partial charge in [-0.15, -0.1) is 0 Å². The van der Waals surface area contributed by atoms with Crippen molar-refractivity contribution in [1.82, 2.24) is 5.32 Å². The van der Waals surface area contributed by atoms with Crippen LogP contribution < -0.4 is 5.32 Å². The SMILES string of the molecule is CCCCCCCCC/C=C/CC/C=C/[C@@H](O)[C@H](CO[C@@H]1O[C@H](CO)[C@@H](O)C(O)C1O)NC(=O)[C@H](O)CCCCCCCCCCCCCCCCCCCCCC. The second-order valence-corrected chi connectivity index (χ2v) is 17.0. The molecule has 1 heterocycles. The molecule has 0 aliphatic carbocycles. The van der Waals surface area contributed by atoms with E-state index in [1.165, 1.54) is 148 Å². The van der Waals surface area contributed by atoms with Crippen molar-refractivity contribution >= 4 is 5.91 Å². The van der Waals surface area contributed by atoms with Crippen molar-refractivity contribution in [3.05, 3.63) is 24.3 Å². The first-order valence-electron chi connectivity index (χ1n) is 24.2. The third kappa shape index (κ3) is 28.2. The molecule has 58 heavy (non-hydrogen) atoms. The Kier molecular flexibility index (Phi) is 36.3. The predicted molar refractivity (Wildman–Crippen MR) is 236 cm³/mol. The van der Waals surface area contributed by atoms with Gasteiger partial charge in [-0.3, -0.25) is 4.79 Å². The number of carbonyl (C=O) groups excluding carboxylic acids is 1. The lowest BCUT2D eigenvalue weighted by molar-refractivity contribution is -0.302. The Morgan fingerprint density at radius 3 is 1.50 bits per heavy atom. The van der Waals surface area contributed by atoms with Crippen molar-refractivity contribution in [1.29, 1.82) is 0 Å². The summed E-state index contributed by atoms with van der Waals surface area (Å²) in [6, 6.07) is -0.992. The van der Waals surface area contributed by atoms with Gasteiger partial charge in [-0.05, 0) is 32.1 Å². The van der Waals surface area contributed by atoms with Crippen molar-refractivity contribution in [2.75, 3.05) is 13.2 Å². The van der Waals surface area contributed by atoms with Gasteiger partial charge in [-0.25, -0.2) is 0 Å². The summed E-state index contributed by atoms with van der Waals surface area (Å²) in [5.74, 6) is -0.624. The van der Waals surface area contributed by atoms with Gasteiger partial charge >= 0.3 is 0 Å². The molecule has 0 spiro atoms. The Balaban J connectivity index is 2.36. The molecule has 8 atom stereocenters. The monoisotopic (exact) mass is 826 g/mol. The van der Waals surface area contributed by atoms with Gasteiger partial charge in [0.25, 0.3) is 0 Å². The van der Waals surface area contributed by atoms with Gasteiger partial charge < -0.3 is 45.4 Å². The number of allylic oxidation sites excluding steroid dienone is 3. The second kappa shape index (κ2) is 38.5. The summed E-state index contributed by atoms with van der Waals surface area (Å²) in [5.41, 5.74) is 0. The van der Waals surface area contributed by atoms with Crippen LogP contribution in [0.4, 0.5) is 0 Å². The number of hydrogen-bond donors (Lipinski definition) is 7. The molecule has 1 saturated heterocycles. The maximum absolute atomic E-state index is 13.0. The molecule has 0 bridgehead atoms. The Morgan fingerprint density at radius 1 is 0.586 bits per heavy atom. The van der Waals surface area contributed by atoms with Crippen LogP contribution in [0.1, 0.15) is 213 Å². The molecule has 1 amide bonds. The van der Waals surface area contributed by atoms with E-state index in [0.717, 1.165) is 32.1 Å². The molecule has 342 valence electrons. The lowest BCUT2D eigenvalue weighted by Gasteiger charge is -2.40. The molecule has 0 saturated carbocycles. The molecule has 1 aliphatic heterocycles. The normalized spacial score (nSPS) is 21.6. The molecular weight excluding hydrogens is 735 g/mol. The summed E-state index contributed by atoms with van der Waals surface area (Å²) >= 11 is 0. The van der Waals surface area contributed by atoms with Crippen molar-refractivity contribution in [2.45, 2.75) is 262 Å². The van der Waals surface area contributed by atoms with E-state index in [1.54, 1.807) is 6.08 Å². The molecule has 1 fully saturated rings. The van der Waals surface area contributed by atoms with Crippen LogP contribution in [0.3, 0.4) is 0 Å². The average Bonchev–Trinajstić information content (AvgIpc) is 3.22. The molecule has 7 N–H and O–H groups in total. The average molecular weight is 826 g/mol. The maximum atomic E-state index is 13.0. The quantitative estimate of drug-likeness (QED) is 0.0235. The molecular formula is C48H91NO9. The van der Waals surface area contributed by atoms with Crippen LogP contribution in [0.15, 0.2) is 24.3 Å². The van der Waals surface area contributed by atoms with Gasteiger partial charge in [-0.1, -0.05) is 205 Å². The fourth-order valence-corrected chi connectivity index (χ4v) is 7.65. The van der Waals surface area contributed by atoms with Crippen molar-refractivity contribution in [2.24, 2.45) is 0 Å². The number of hydrogen-bond acceptors (Lipinski definition) is 9. The zero-order valence-electron chi connectivity index (χ0n) is 37.2. The van der Waals surface area contributed by atoms with E-state index in [4.69, 9.17) is 9.47 Å². The Morgan fingerprint density at radius 2 is 1.02 bits per heavy atom. The van der Waals surface area contributed by atoms with Gasteiger partial charge in [0.2, 0.25) is 5.91 Å². The third-order valence-corrected chi connectivity index (χ3v) is 11.6. The minimum atomic E-state index is -1.61. The number of nitrogens with one attached hydrogen (secondary N) is 1. The van der Waals surface area contributed by atoms with Crippen LogP contribution >= 0.6 is 0 Å². The maximum Gasteiger partial charge on any atom is 0.249 e. The topological polar surface area (TPSA) is 169 Å². The highest BCUT2D eigenvalue weighted by atomic mass is 16.7. The second-order valence-electron chi connectivity index (χ2n) is 17.0. The van der Waals surface area contributed by atoms with E-state index < -0.39 is 61.5 Å². The first kappa shape index (κ1) is 54.6. The van der Waals surface area contributed by atoms with Crippen LogP contribution in [0.5, 0.6) is 0 Å². The Bertz CT molecular complexity index is 979. The fourth-order valence-electron chi connectivity index (χ4n) is 7.65. The molecule has 2 unspecified atom stereocenters. The van der Waals surface area contributed by atoms with Crippen molar-refractivity contribution < 1.29 is 44.9 Å². The van der Waals surface area contributed by atoms with E-state index >= 15 is 0 Å². The Hall–Kier alpha value is -1.37. The standard InChI is InChI=1S/C48H91NO9/c1-3-5-7-9-11-13-15-17-18-19-20-21-22-23-25-27-29-31-33-35-37-42(52)47(56)49-40(39-57-48-46(55)45(54)44(53)43(38-50)58-48)41(51)36-34-32-30-28-26-24-16-14-12-10-8-6-4-2/h26,28,34,36,40-46,48,50-55H,3-25,27,29-33,35,37-39H2,1-2H3,(H,49,56)/b28-26+,36-34+/t40-,41+,42+,43+,44+,45?,46?,48+/m0/s1. The number of ether oxygens (including phenoxy) is 2. The first-order valence-corrected chi connectivity index (χ1v) is 24.2. The lowest BCUT2D eigenvalue weighted by Crippen LogP contribution is -2.60. The van der Waals surface area contributed by atoms with Gasteiger partial charge in [0.1, 0.15) is 30.5 Å². The largest absolute Gasteiger partial charge is 0.394 e. The van der Waals surface area contributed by atoms with E-state index in [-0.39, 0.29) is 6.61 Å². The van der Waals surface area contributed by atoms with E-state index in [2.05, 4.69) is 31.3 Å². The third-order valence-electron chi connectivity index (χ3n) is 11.6. The van der Waals surface area contributed by atoms with Crippen LogP contribution in [0.25, 0.3) is 0 Å². The molecule has 0 radical (unpaired) electrons. The van der Waals surface area contributed by atoms with Crippen LogP contribution in [0, 0.1) is 0 Å². The number of aliphatic hydroxyl groups is 6. The minimum absolute atomic E-state index is 0.308. The highest BCUT2D eigenvalue weighted by molar-refractivity contribution is 5.80. The highest BCUT2D eigenvalue weighted by Crippen LogP contribution is 2.23. The summed E-state index contributed by atoms with van der Waals surface area (Å²) in [7, 11) is 0. The summed E-state index contributed by atoms with van der Waals surface area (Å²) in [5, 5.41) is 64.6. The number of carbonyl (C=O) groups is 1. The molecule has 1 aliphatic rings. The summed E-state index contributed by atoms with van der Waals surface area (Å²) in [6.07, 6.45) is 35.6. The molecule has 1 rings (SSSR count). The van der Waals surface area contributed by atoms with E-state index in [9.17, 15) is 35.4 Å². The number of amides is 1. The molecule has 0 aromatic rings. The molecule has 0 aromatic heterocycles. The van der Waals surface area contributed by atoms with Crippen LogP contribution in [0.2, 0.25) is 0 Å². The number of aliphatic hydroxyl groups excluding tert-OH is 6. The van der Waals surface area contributed by atoms with Gasteiger partial charge in [0.05, 0.1) is 25.4 Å². The van der Waals surface area contributed by atoms with E-state index in [1.807, 2.05) is 6.08 Å². The lowest BCUT2D eigenvalue weighted by atomic mass is 9.99. The smallest absolute Gasteiger partial charge is 0.249 e. The minimum Gasteiger partial charge on any atom is -0.394 e. The van der Waals surface area contributed by atoms with E-state index in [0.29, 0.717) is 19.3 Å². The number of unbranched alkanes of at least 4 members (excludes halogenated alkanes) is 27. The summed E-state index contributed by atoms with van der Waals surface area (Å²) in [4.78, 5) is 13.0. The molecule has 10 heteroatoms. The first-order chi connectivity index (χ1) is 28.3. The zero-order chi connectivity index (χ0) is 42.5. The predicted octanol–water partition coefficient (Wildman–Crippen LogP) is 9.25. The number of rotatable bonds is 40. The fraction of sp³-hybridized carbons (Fsp3) is 0.896. The highest BCUT2D eigenvalue weighted by Gasteiger charge is 2.44. The molecule has 10 nitrogen and oxygen atoms in total. The molecule has 0 aromatic carbocycles. The Labute approximate surface area is 354 Å². The van der Waals surface area contributed by atoms with Crippen LogP contribution in [-0.2, 0) is 14.3 Å². The van der Waals surface area contributed by atoms with Crippen molar-refractivity contribution in [3.8, 4) is 0 Å². The van der Waals surface area contributed by atoms with Crippen molar-refractivity contribution in [3.63, 3.8) is 0 Å². The van der Waals surface area contributed by atoms with Crippen LogP contribution in [-0.4, -0.2) is 98.7 Å². The zero-order valence-corrected chi connectivity index (χ0v) is 37.2. The summed E-state index contributed by atoms with van der Waals surface area (Å²) < 4.78 is 11.1. The van der Waals surface area contributed by atoms with Gasteiger partial charge in [0.15, 0.2) is 6.29 Å². The van der Waals surface area contributed by atoms with Gasteiger partial charge in [-0.2, -0.15) is 0 Å². The summed E-state index contributed by atoms with van der Waals surface area (Å²) in [6.45, 7) is 3.59. The van der Waals surface area contributed by atoms with Gasteiger partial charge in [0, 0.05) is 0 Å².